The molecule has 3 aromatic rings. The molecule has 27 heavy (non-hydrogen) atoms. The van der Waals surface area contributed by atoms with Crippen LogP contribution in [0, 0.1) is 6.92 Å². The van der Waals surface area contributed by atoms with E-state index in [0.717, 1.165) is 47.9 Å². The maximum Gasteiger partial charge on any atom is 0.229 e. The Bertz CT molecular complexity index is 835. The minimum absolute atomic E-state index is 0.557. The number of nitrogens with zero attached hydrogens (tertiary/aromatic N) is 2. The van der Waals surface area contributed by atoms with Crippen LogP contribution in [-0.4, -0.2) is 16.5 Å². The minimum Gasteiger partial charge on any atom is -0.489 e. The highest BCUT2D eigenvalue weighted by molar-refractivity contribution is 5.56. The van der Waals surface area contributed by atoms with Crippen molar-refractivity contribution >= 4 is 17.5 Å². The Kier molecular flexibility index (Phi) is 6.63. The molecule has 0 bridgehead atoms. The summed E-state index contributed by atoms with van der Waals surface area (Å²) in [5.74, 6) is 2.27. The van der Waals surface area contributed by atoms with E-state index in [1.165, 1.54) is 0 Å². The molecule has 0 aliphatic rings. The number of nitrogens with one attached hydrogen (secondary N) is 2. The van der Waals surface area contributed by atoms with Crippen LogP contribution in [0.4, 0.5) is 17.5 Å². The van der Waals surface area contributed by atoms with E-state index in [4.69, 9.17) is 4.74 Å². The van der Waals surface area contributed by atoms with Crippen molar-refractivity contribution in [2.45, 2.75) is 33.3 Å². The number of rotatable bonds is 9. The second-order valence-corrected chi connectivity index (χ2v) is 6.42. The average Bonchev–Trinajstić information content (AvgIpc) is 2.68. The third-order valence-electron chi connectivity index (χ3n) is 4.05. The van der Waals surface area contributed by atoms with Gasteiger partial charge in [-0.2, -0.15) is 4.98 Å². The van der Waals surface area contributed by atoms with Crippen LogP contribution in [0.15, 0.2) is 60.7 Å². The van der Waals surface area contributed by atoms with Gasteiger partial charge in [0.05, 0.1) is 0 Å². The third-order valence-corrected chi connectivity index (χ3v) is 4.05. The Morgan fingerprint density at radius 1 is 0.963 bits per heavy atom. The van der Waals surface area contributed by atoms with Crippen LogP contribution < -0.4 is 15.4 Å². The number of ether oxygens (including phenoxy) is 1. The van der Waals surface area contributed by atoms with Crippen LogP contribution in [0.3, 0.4) is 0 Å². The van der Waals surface area contributed by atoms with Gasteiger partial charge in [-0.25, -0.2) is 4.98 Å². The Balaban J connectivity index is 1.59. The van der Waals surface area contributed by atoms with Crippen LogP contribution >= 0.6 is 0 Å². The maximum absolute atomic E-state index is 5.82. The van der Waals surface area contributed by atoms with Crippen molar-refractivity contribution in [1.29, 1.82) is 0 Å². The van der Waals surface area contributed by atoms with E-state index in [2.05, 4.69) is 39.7 Å². The molecule has 0 aliphatic heterocycles. The molecular weight excluding hydrogens is 336 g/mol. The number of hydrogen-bond acceptors (Lipinski definition) is 5. The van der Waals surface area contributed by atoms with Gasteiger partial charge in [0.1, 0.15) is 18.2 Å². The summed E-state index contributed by atoms with van der Waals surface area (Å²) in [4.78, 5) is 9.00. The Hall–Kier alpha value is -3.08. The third kappa shape index (κ3) is 5.99. The van der Waals surface area contributed by atoms with Crippen LogP contribution in [0.2, 0.25) is 0 Å². The Labute approximate surface area is 160 Å². The van der Waals surface area contributed by atoms with Gasteiger partial charge < -0.3 is 15.4 Å². The van der Waals surface area contributed by atoms with Crippen LogP contribution in [-0.2, 0) is 6.61 Å². The largest absolute Gasteiger partial charge is 0.489 e. The summed E-state index contributed by atoms with van der Waals surface area (Å²) in [5, 5.41) is 6.60. The van der Waals surface area contributed by atoms with E-state index in [1.54, 1.807) is 0 Å². The molecule has 1 heterocycles. The Morgan fingerprint density at radius 2 is 1.74 bits per heavy atom. The number of aryl methyl sites for hydroxylation is 1. The second-order valence-electron chi connectivity index (χ2n) is 6.42. The lowest BCUT2D eigenvalue weighted by Crippen LogP contribution is -2.06. The van der Waals surface area contributed by atoms with Crippen LogP contribution in [0.5, 0.6) is 5.75 Å². The van der Waals surface area contributed by atoms with Crippen molar-refractivity contribution in [3.05, 3.63) is 71.9 Å². The summed E-state index contributed by atoms with van der Waals surface area (Å²) >= 11 is 0. The zero-order valence-electron chi connectivity index (χ0n) is 15.9. The van der Waals surface area contributed by atoms with Gasteiger partial charge in [-0.15, -0.1) is 0 Å². The van der Waals surface area contributed by atoms with Gasteiger partial charge in [-0.1, -0.05) is 43.7 Å². The standard InChI is InChI=1S/C22H26N4O/c1-3-4-14-23-21-15-17(2)24-22(26-21)25-19-10-12-20(13-11-19)27-16-18-8-6-5-7-9-18/h5-13,15H,3-4,14,16H2,1-2H3,(H2,23,24,25,26). The molecule has 2 aromatic carbocycles. The molecule has 0 spiro atoms. The summed E-state index contributed by atoms with van der Waals surface area (Å²) < 4.78 is 5.82. The summed E-state index contributed by atoms with van der Waals surface area (Å²) in [6, 6.07) is 19.9. The van der Waals surface area contributed by atoms with Gasteiger partial charge in [0, 0.05) is 24.0 Å². The van der Waals surface area contributed by atoms with E-state index in [-0.39, 0.29) is 0 Å². The van der Waals surface area contributed by atoms with Crippen molar-refractivity contribution in [2.75, 3.05) is 17.2 Å². The number of benzene rings is 2. The fourth-order valence-corrected chi connectivity index (χ4v) is 2.61. The summed E-state index contributed by atoms with van der Waals surface area (Å²) in [5.41, 5.74) is 3.00. The summed E-state index contributed by atoms with van der Waals surface area (Å²) in [6.07, 6.45) is 2.27. The summed E-state index contributed by atoms with van der Waals surface area (Å²) in [6.45, 7) is 5.62. The monoisotopic (exact) mass is 362 g/mol. The van der Waals surface area contributed by atoms with Crippen LogP contribution in [0.25, 0.3) is 0 Å². The summed E-state index contributed by atoms with van der Waals surface area (Å²) in [7, 11) is 0. The number of aromatic nitrogens is 2. The van der Waals surface area contributed by atoms with Crippen molar-refractivity contribution in [3.63, 3.8) is 0 Å². The maximum atomic E-state index is 5.82. The highest BCUT2D eigenvalue weighted by atomic mass is 16.5. The lowest BCUT2D eigenvalue weighted by atomic mass is 10.2. The number of unbranched alkanes of at least 4 members (excludes halogenated alkanes) is 1. The first-order valence-electron chi connectivity index (χ1n) is 9.36. The molecule has 3 rings (SSSR count). The number of hydrogen-bond donors (Lipinski definition) is 2. The average molecular weight is 362 g/mol. The molecule has 0 atom stereocenters. The van der Waals surface area contributed by atoms with Gasteiger partial charge in [-0.05, 0) is 43.2 Å². The van der Waals surface area contributed by atoms with Crippen molar-refractivity contribution < 1.29 is 4.74 Å². The van der Waals surface area contributed by atoms with E-state index in [9.17, 15) is 0 Å². The fourth-order valence-electron chi connectivity index (χ4n) is 2.61. The van der Waals surface area contributed by atoms with Gasteiger partial charge in [-0.3, -0.25) is 0 Å². The van der Waals surface area contributed by atoms with Gasteiger partial charge in [0.15, 0.2) is 0 Å². The second kappa shape index (κ2) is 9.57. The molecule has 0 unspecified atom stereocenters. The molecule has 5 heteroatoms. The van der Waals surface area contributed by atoms with E-state index in [0.29, 0.717) is 12.6 Å². The van der Waals surface area contributed by atoms with Crippen molar-refractivity contribution in [3.8, 4) is 5.75 Å². The highest BCUT2D eigenvalue weighted by Crippen LogP contribution is 2.20. The van der Waals surface area contributed by atoms with E-state index >= 15 is 0 Å². The molecule has 0 amide bonds. The molecular formula is C22H26N4O. The minimum atomic E-state index is 0.557. The molecule has 140 valence electrons. The zero-order chi connectivity index (χ0) is 18.9. The fraction of sp³-hybridized carbons (Fsp3) is 0.273. The zero-order valence-corrected chi connectivity index (χ0v) is 15.9. The number of anilines is 3. The lowest BCUT2D eigenvalue weighted by molar-refractivity contribution is 0.306. The quantitative estimate of drug-likeness (QED) is 0.505. The molecule has 0 saturated heterocycles. The van der Waals surface area contributed by atoms with Crippen LogP contribution in [0.1, 0.15) is 31.0 Å². The lowest BCUT2D eigenvalue weighted by Gasteiger charge is -2.11. The van der Waals surface area contributed by atoms with Crippen molar-refractivity contribution in [2.24, 2.45) is 0 Å². The smallest absolute Gasteiger partial charge is 0.229 e. The van der Waals surface area contributed by atoms with Gasteiger partial charge in [0.2, 0.25) is 5.95 Å². The normalized spacial score (nSPS) is 10.4. The van der Waals surface area contributed by atoms with E-state index < -0.39 is 0 Å². The highest BCUT2D eigenvalue weighted by Gasteiger charge is 2.03. The molecule has 5 nitrogen and oxygen atoms in total. The first kappa shape index (κ1) is 18.7. The first-order chi connectivity index (χ1) is 13.2. The van der Waals surface area contributed by atoms with Gasteiger partial charge in [0.25, 0.3) is 0 Å². The predicted octanol–water partition coefficient (Wildman–Crippen LogP) is 5.32. The topological polar surface area (TPSA) is 59.1 Å². The first-order valence-corrected chi connectivity index (χ1v) is 9.36. The molecule has 1 aromatic heterocycles. The van der Waals surface area contributed by atoms with E-state index in [1.807, 2.05) is 55.5 Å². The molecule has 2 N–H and O–H groups in total. The Morgan fingerprint density at radius 3 is 2.48 bits per heavy atom. The predicted molar refractivity (Wildman–Crippen MR) is 111 cm³/mol. The van der Waals surface area contributed by atoms with Gasteiger partial charge >= 0.3 is 0 Å². The molecule has 0 aliphatic carbocycles. The van der Waals surface area contributed by atoms with Crippen molar-refractivity contribution in [1.82, 2.24) is 9.97 Å². The molecule has 0 fully saturated rings. The molecule has 0 saturated carbocycles. The molecule has 0 radical (unpaired) electrons. The SMILES string of the molecule is CCCCNc1cc(C)nc(Nc2ccc(OCc3ccccc3)cc2)n1.